The summed E-state index contributed by atoms with van der Waals surface area (Å²) in [5, 5.41) is 9.64. The fraction of sp³-hybridized carbons (Fsp3) is 0.750. The third-order valence-electron chi connectivity index (χ3n) is 3.80. The molecular weight excluding hydrogens is 250 g/mol. The summed E-state index contributed by atoms with van der Waals surface area (Å²) in [5.74, 6) is 0.672. The second-order valence-corrected chi connectivity index (χ2v) is 6.91. The van der Waals surface area contributed by atoms with Gasteiger partial charge in [0.05, 0.1) is 17.4 Å². The lowest BCUT2D eigenvalue weighted by Gasteiger charge is -2.27. The number of nitrogens with two attached hydrogens (primary N) is 1. The molecule has 0 aromatic carbocycles. The van der Waals surface area contributed by atoms with Gasteiger partial charge in [0.15, 0.2) is 0 Å². The summed E-state index contributed by atoms with van der Waals surface area (Å²) >= 11 is 0. The van der Waals surface area contributed by atoms with E-state index in [0.29, 0.717) is 23.3 Å². The zero-order chi connectivity index (χ0) is 13.5. The Kier molecular flexibility index (Phi) is 3.51. The molecule has 5 nitrogen and oxygen atoms in total. The molecule has 1 aromatic rings. The summed E-state index contributed by atoms with van der Waals surface area (Å²) in [4.78, 5) is 0.195. The highest BCUT2D eigenvalue weighted by Crippen LogP contribution is 2.34. The Morgan fingerprint density at radius 1 is 1.33 bits per heavy atom. The first-order valence-electron chi connectivity index (χ1n) is 6.39. The minimum absolute atomic E-state index is 0.195. The van der Waals surface area contributed by atoms with Gasteiger partial charge in [-0.25, -0.2) is 13.6 Å². The Morgan fingerprint density at radius 3 is 2.50 bits per heavy atom. The Morgan fingerprint density at radius 2 is 2.00 bits per heavy atom. The van der Waals surface area contributed by atoms with Crippen molar-refractivity contribution in [2.75, 3.05) is 0 Å². The number of primary sulfonamides is 1. The standard InChI is InChI=1S/C12H21N3O2S/c1-8-5-4-6-11(7-8)15-10(3)12(9(2)14-15)18(13,16)17/h8,11H,4-7H2,1-3H3,(H2,13,16,17). The zero-order valence-corrected chi connectivity index (χ0v) is 12.0. The van der Waals surface area contributed by atoms with Gasteiger partial charge in [-0.3, -0.25) is 4.68 Å². The van der Waals surface area contributed by atoms with Crippen LogP contribution in [0.25, 0.3) is 0 Å². The average Bonchev–Trinajstić information content (AvgIpc) is 2.53. The van der Waals surface area contributed by atoms with E-state index in [4.69, 9.17) is 5.14 Å². The average molecular weight is 271 g/mol. The lowest BCUT2D eigenvalue weighted by atomic mass is 9.87. The van der Waals surface area contributed by atoms with Crippen LogP contribution in [-0.2, 0) is 10.0 Å². The first-order chi connectivity index (χ1) is 8.30. The van der Waals surface area contributed by atoms with Gasteiger partial charge in [0.25, 0.3) is 0 Å². The van der Waals surface area contributed by atoms with E-state index in [1.165, 1.54) is 12.8 Å². The van der Waals surface area contributed by atoms with Crippen molar-refractivity contribution in [2.45, 2.75) is 57.4 Å². The maximum Gasteiger partial charge on any atom is 0.241 e. The van der Waals surface area contributed by atoms with Gasteiger partial charge in [0.1, 0.15) is 4.90 Å². The number of aromatic nitrogens is 2. The topological polar surface area (TPSA) is 78.0 Å². The maximum absolute atomic E-state index is 11.6. The van der Waals surface area contributed by atoms with E-state index in [-0.39, 0.29) is 4.90 Å². The van der Waals surface area contributed by atoms with Gasteiger partial charge >= 0.3 is 0 Å². The molecule has 0 radical (unpaired) electrons. The molecule has 1 heterocycles. The summed E-state index contributed by atoms with van der Waals surface area (Å²) in [7, 11) is -3.68. The van der Waals surface area contributed by atoms with Crippen LogP contribution in [0.1, 0.15) is 50.0 Å². The number of aryl methyl sites for hydroxylation is 1. The Labute approximate surface area is 108 Å². The molecule has 2 rings (SSSR count). The van der Waals surface area contributed by atoms with Crippen LogP contribution in [-0.4, -0.2) is 18.2 Å². The lowest BCUT2D eigenvalue weighted by molar-refractivity contribution is 0.262. The van der Waals surface area contributed by atoms with Gasteiger partial charge in [-0.05, 0) is 32.6 Å². The zero-order valence-electron chi connectivity index (χ0n) is 11.2. The molecule has 2 atom stereocenters. The van der Waals surface area contributed by atoms with Crippen molar-refractivity contribution in [3.63, 3.8) is 0 Å². The van der Waals surface area contributed by atoms with Crippen molar-refractivity contribution in [3.05, 3.63) is 11.4 Å². The molecule has 0 amide bonds. The van der Waals surface area contributed by atoms with E-state index in [0.717, 1.165) is 12.8 Å². The second-order valence-electron chi connectivity index (χ2n) is 5.42. The molecule has 102 valence electrons. The van der Waals surface area contributed by atoms with Crippen molar-refractivity contribution in [1.29, 1.82) is 0 Å². The molecule has 1 fully saturated rings. The predicted octanol–water partition coefficient (Wildman–Crippen LogP) is 1.90. The largest absolute Gasteiger partial charge is 0.265 e. The number of nitrogens with zero attached hydrogens (tertiary/aromatic N) is 2. The monoisotopic (exact) mass is 271 g/mol. The Hall–Kier alpha value is -0.880. The fourth-order valence-corrected chi connectivity index (χ4v) is 4.00. The van der Waals surface area contributed by atoms with Crippen LogP contribution in [0, 0.1) is 19.8 Å². The van der Waals surface area contributed by atoms with Crippen LogP contribution < -0.4 is 5.14 Å². The molecule has 6 heteroatoms. The summed E-state index contributed by atoms with van der Waals surface area (Å²) in [5.41, 5.74) is 1.18. The van der Waals surface area contributed by atoms with E-state index in [2.05, 4.69) is 12.0 Å². The van der Waals surface area contributed by atoms with Crippen molar-refractivity contribution in [2.24, 2.45) is 11.1 Å². The number of sulfonamides is 1. The quantitative estimate of drug-likeness (QED) is 0.892. The number of rotatable bonds is 2. The van der Waals surface area contributed by atoms with E-state index < -0.39 is 10.0 Å². The molecule has 1 aliphatic carbocycles. The molecule has 1 saturated carbocycles. The second kappa shape index (κ2) is 4.66. The van der Waals surface area contributed by atoms with Gasteiger partial charge < -0.3 is 0 Å². The fourth-order valence-electron chi connectivity index (χ4n) is 3.04. The van der Waals surface area contributed by atoms with Gasteiger partial charge in [-0.1, -0.05) is 19.8 Å². The molecule has 0 bridgehead atoms. The molecule has 0 spiro atoms. The van der Waals surface area contributed by atoms with Crippen molar-refractivity contribution in [1.82, 2.24) is 9.78 Å². The van der Waals surface area contributed by atoms with Gasteiger partial charge in [0.2, 0.25) is 10.0 Å². The van der Waals surface area contributed by atoms with Crippen LogP contribution >= 0.6 is 0 Å². The summed E-state index contributed by atoms with van der Waals surface area (Å²) in [6, 6.07) is 0.308. The van der Waals surface area contributed by atoms with Gasteiger partial charge in [-0.2, -0.15) is 5.10 Å². The molecular formula is C12H21N3O2S. The van der Waals surface area contributed by atoms with Crippen LogP contribution in [0.3, 0.4) is 0 Å². The molecule has 2 N–H and O–H groups in total. The van der Waals surface area contributed by atoms with E-state index in [9.17, 15) is 8.42 Å². The summed E-state index contributed by atoms with van der Waals surface area (Å²) < 4.78 is 25.0. The highest BCUT2D eigenvalue weighted by Gasteiger charge is 2.27. The smallest absolute Gasteiger partial charge is 0.241 e. The van der Waals surface area contributed by atoms with Gasteiger partial charge in [-0.15, -0.1) is 0 Å². The minimum atomic E-state index is -3.68. The van der Waals surface area contributed by atoms with Crippen LogP contribution in [0.5, 0.6) is 0 Å². The third-order valence-corrected chi connectivity index (χ3v) is 4.96. The van der Waals surface area contributed by atoms with E-state index >= 15 is 0 Å². The van der Waals surface area contributed by atoms with Crippen LogP contribution in [0.4, 0.5) is 0 Å². The van der Waals surface area contributed by atoms with Crippen LogP contribution in [0.2, 0.25) is 0 Å². The Balaban J connectivity index is 2.41. The highest BCUT2D eigenvalue weighted by molar-refractivity contribution is 7.89. The van der Waals surface area contributed by atoms with Crippen molar-refractivity contribution in [3.8, 4) is 0 Å². The van der Waals surface area contributed by atoms with Crippen molar-refractivity contribution >= 4 is 10.0 Å². The molecule has 1 aromatic heterocycles. The minimum Gasteiger partial charge on any atom is -0.265 e. The predicted molar refractivity (Wildman–Crippen MR) is 69.7 cm³/mol. The SMILES string of the molecule is Cc1nn(C2CCCC(C)C2)c(C)c1S(N)(=O)=O. The van der Waals surface area contributed by atoms with E-state index in [1.54, 1.807) is 13.8 Å². The summed E-state index contributed by atoms with van der Waals surface area (Å²) in [6.45, 7) is 5.73. The molecule has 2 unspecified atom stereocenters. The maximum atomic E-state index is 11.6. The lowest BCUT2D eigenvalue weighted by Crippen LogP contribution is -2.20. The molecule has 0 aliphatic heterocycles. The highest BCUT2D eigenvalue weighted by atomic mass is 32.2. The Bertz CT molecular complexity index is 548. The van der Waals surface area contributed by atoms with Crippen LogP contribution in [0.15, 0.2) is 4.90 Å². The first-order valence-corrected chi connectivity index (χ1v) is 7.94. The van der Waals surface area contributed by atoms with Gasteiger partial charge in [0, 0.05) is 0 Å². The normalized spacial score (nSPS) is 25.3. The molecule has 0 saturated heterocycles. The van der Waals surface area contributed by atoms with E-state index in [1.807, 2.05) is 4.68 Å². The van der Waals surface area contributed by atoms with Crippen molar-refractivity contribution < 1.29 is 8.42 Å². The summed E-state index contributed by atoms with van der Waals surface area (Å²) in [6.07, 6.45) is 4.55. The molecule has 18 heavy (non-hydrogen) atoms. The molecule has 1 aliphatic rings. The third kappa shape index (κ3) is 2.44. The first kappa shape index (κ1) is 13.5. The number of hydrogen-bond donors (Lipinski definition) is 1. The number of hydrogen-bond acceptors (Lipinski definition) is 3.